The molecule has 2 heterocycles. The third-order valence-corrected chi connectivity index (χ3v) is 4.60. The van der Waals surface area contributed by atoms with Crippen LogP contribution in [-0.2, 0) is 17.2 Å². The van der Waals surface area contributed by atoms with E-state index in [2.05, 4.69) is 42.7 Å². The number of benzene rings is 1. The molecule has 6 nitrogen and oxygen atoms in total. The van der Waals surface area contributed by atoms with Crippen LogP contribution in [0.2, 0.25) is 0 Å². The summed E-state index contributed by atoms with van der Waals surface area (Å²) in [5, 5.41) is 4.41. The molecule has 0 aliphatic heterocycles. The summed E-state index contributed by atoms with van der Waals surface area (Å²) >= 11 is 0. The van der Waals surface area contributed by atoms with Gasteiger partial charge in [0.1, 0.15) is 21.5 Å². The third kappa shape index (κ3) is 3.98. The van der Waals surface area contributed by atoms with Crippen LogP contribution in [0, 0.1) is 27.7 Å². The molecular formula is C17H21N3O3S. The smallest absolute Gasteiger partial charge is 0.308 e. The Morgan fingerprint density at radius 3 is 2.17 bits per heavy atom. The van der Waals surface area contributed by atoms with Crippen LogP contribution < -0.4 is 4.57 Å². The van der Waals surface area contributed by atoms with Gasteiger partial charge in [-0.05, 0) is 32.9 Å². The van der Waals surface area contributed by atoms with Crippen LogP contribution in [0.5, 0.6) is 0 Å². The van der Waals surface area contributed by atoms with Crippen molar-refractivity contribution >= 4 is 15.8 Å². The lowest BCUT2D eigenvalue weighted by Crippen LogP contribution is -2.34. The van der Waals surface area contributed by atoms with Crippen LogP contribution in [0.15, 0.2) is 41.3 Å². The van der Waals surface area contributed by atoms with E-state index in [0.29, 0.717) is 0 Å². The fraction of sp³-hybridized carbons (Fsp3) is 0.294. The summed E-state index contributed by atoms with van der Waals surface area (Å²) < 4.78 is 35.3. The van der Waals surface area contributed by atoms with Gasteiger partial charge in [0.25, 0.3) is 0 Å². The van der Waals surface area contributed by atoms with Crippen molar-refractivity contribution < 1.29 is 17.5 Å². The summed E-state index contributed by atoms with van der Waals surface area (Å²) in [5.74, 6) is 0. The van der Waals surface area contributed by atoms with E-state index in [1.54, 1.807) is 12.1 Å². The van der Waals surface area contributed by atoms with Gasteiger partial charge in [-0.3, -0.25) is 0 Å². The van der Waals surface area contributed by atoms with E-state index < -0.39 is 10.1 Å². The van der Waals surface area contributed by atoms with Gasteiger partial charge in [-0.25, -0.2) is 13.0 Å². The summed E-state index contributed by atoms with van der Waals surface area (Å²) in [4.78, 5) is -0.178. The largest absolute Gasteiger partial charge is 0.744 e. The minimum atomic E-state index is -4.27. The zero-order chi connectivity index (χ0) is 18.1. The predicted molar refractivity (Wildman–Crippen MR) is 89.7 cm³/mol. The van der Waals surface area contributed by atoms with Crippen molar-refractivity contribution in [3.63, 3.8) is 0 Å². The van der Waals surface area contributed by atoms with Crippen LogP contribution >= 0.6 is 0 Å². The average Bonchev–Trinajstić information content (AvgIpc) is 2.88. The molecule has 0 saturated heterocycles. The summed E-state index contributed by atoms with van der Waals surface area (Å²) in [5.41, 5.74) is 5.57. The van der Waals surface area contributed by atoms with Crippen LogP contribution in [0.3, 0.4) is 0 Å². The lowest BCUT2D eigenvalue weighted by atomic mass is 10.2. The maximum absolute atomic E-state index is 10.4. The van der Waals surface area contributed by atoms with Crippen LogP contribution in [0.25, 0.3) is 5.65 Å². The summed E-state index contributed by atoms with van der Waals surface area (Å²) in [6.07, 6.45) is 0. The molecule has 0 spiro atoms. The molecule has 0 atom stereocenters. The van der Waals surface area contributed by atoms with Gasteiger partial charge >= 0.3 is 5.65 Å². The monoisotopic (exact) mass is 347 g/mol. The highest BCUT2D eigenvalue weighted by Crippen LogP contribution is 2.08. The molecule has 24 heavy (non-hydrogen) atoms. The molecule has 7 heteroatoms. The second-order valence-corrected chi connectivity index (χ2v) is 7.19. The molecule has 128 valence electrons. The van der Waals surface area contributed by atoms with Crippen molar-refractivity contribution in [3.05, 3.63) is 59.0 Å². The zero-order valence-corrected chi connectivity index (χ0v) is 15.3. The Morgan fingerprint density at radius 1 is 1.04 bits per heavy atom. The second kappa shape index (κ2) is 6.70. The van der Waals surface area contributed by atoms with E-state index >= 15 is 0 Å². The molecular weight excluding hydrogens is 326 g/mol. The van der Waals surface area contributed by atoms with Crippen molar-refractivity contribution in [1.82, 2.24) is 9.61 Å². The zero-order valence-electron chi connectivity index (χ0n) is 14.4. The first-order chi connectivity index (χ1) is 11.1. The first-order valence-electron chi connectivity index (χ1n) is 7.45. The van der Waals surface area contributed by atoms with Crippen LogP contribution in [-0.4, -0.2) is 22.6 Å². The molecule has 0 radical (unpaired) electrons. The van der Waals surface area contributed by atoms with Gasteiger partial charge in [-0.15, -0.1) is 4.52 Å². The van der Waals surface area contributed by atoms with E-state index in [4.69, 9.17) is 0 Å². The number of hydrogen-bond acceptors (Lipinski definition) is 4. The Labute approximate surface area is 142 Å². The third-order valence-electron chi connectivity index (χ3n) is 3.75. The fourth-order valence-electron chi connectivity index (χ4n) is 2.33. The molecule has 1 aromatic carbocycles. The normalized spacial score (nSPS) is 11.2. The predicted octanol–water partition coefficient (Wildman–Crippen LogP) is 1.98. The van der Waals surface area contributed by atoms with Gasteiger partial charge in [0.05, 0.1) is 23.7 Å². The molecule has 0 amide bonds. The molecule has 0 saturated carbocycles. The highest BCUT2D eigenvalue weighted by atomic mass is 32.2. The minimum absolute atomic E-state index is 0.178. The molecule has 3 rings (SSSR count). The Balaban J connectivity index is 0.000000177. The highest BCUT2D eigenvalue weighted by molar-refractivity contribution is 7.85. The summed E-state index contributed by atoms with van der Waals surface area (Å²) in [7, 11) is -2.21. The minimum Gasteiger partial charge on any atom is -0.744 e. The number of hydrogen-bond donors (Lipinski definition) is 0. The van der Waals surface area contributed by atoms with E-state index in [1.807, 2.05) is 18.4 Å². The average molecular weight is 347 g/mol. The highest BCUT2D eigenvalue weighted by Gasteiger charge is 2.13. The second-order valence-electron chi connectivity index (χ2n) is 5.81. The van der Waals surface area contributed by atoms with E-state index in [1.165, 1.54) is 23.5 Å². The Hall–Kier alpha value is -2.25. The molecule has 0 unspecified atom stereocenters. The van der Waals surface area contributed by atoms with Crippen LogP contribution in [0.1, 0.15) is 22.6 Å². The Bertz CT molecular complexity index is 974. The van der Waals surface area contributed by atoms with Gasteiger partial charge in [0.15, 0.2) is 0 Å². The molecule has 0 bridgehead atoms. The Kier molecular flexibility index (Phi) is 5.05. The maximum atomic E-state index is 10.4. The number of fused-ring (bicyclic) bond motifs is 1. The van der Waals surface area contributed by atoms with Crippen LogP contribution in [0.4, 0.5) is 0 Å². The van der Waals surface area contributed by atoms with Gasteiger partial charge in [-0.1, -0.05) is 22.8 Å². The number of aryl methyl sites for hydroxylation is 5. The molecule has 3 aromatic rings. The van der Waals surface area contributed by atoms with Gasteiger partial charge in [0.2, 0.25) is 0 Å². The first-order valence-corrected chi connectivity index (χ1v) is 8.85. The quantitative estimate of drug-likeness (QED) is 0.498. The van der Waals surface area contributed by atoms with Crippen molar-refractivity contribution in [2.24, 2.45) is 7.05 Å². The number of rotatable bonds is 1. The Morgan fingerprint density at radius 2 is 1.62 bits per heavy atom. The summed E-state index contributed by atoms with van der Waals surface area (Å²) in [6, 6.07) is 10.0. The van der Waals surface area contributed by atoms with Crippen molar-refractivity contribution in [1.29, 1.82) is 0 Å². The van der Waals surface area contributed by atoms with Crippen molar-refractivity contribution in [2.45, 2.75) is 32.6 Å². The van der Waals surface area contributed by atoms with Crippen molar-refractivity contribution in [2.75, 3.05) is 0 Å². The van der Waals surface area contributed by atoms with E-state index in [0.717, 1.165) is 16.9 Å². The lowest BCUT2D eigenvalue weighted by Gasteiger charge is -2.05. The standard InChI is InChI=1S/C10H14N3.C7H8O3S/c1-7-5-10-12(4)8(2)6-9(3)13(10)11-7;1-6-2-4-7(5-3-6)11(8,9)10/h5-6H,1-4H3;2-5H,1H3,(H,8,9,10)/q+1;/p-1. The topological polar surface area (TPSA) is 78.4 Å². The summed E-state index contributed by atoms with van der Waals surface area (Å²) in [6.45, 7) is 8.02. The number of nitrogens with zero attached hydrogens (tertiary/aromatic N) is 3. The van der Waals surface area contributed by atoms with Gasteiger partial charge in [0, 0.05) is 13.0 Å². The van der Waals surface area contributed by atoms with Gasteiger partial charge in [-0.2, -0.15) is 0 Å². The van der Waals surface area contributed by atoms with Gasteiger partial charge < -0.3 is 4.55 Å². The van der Waals surface area contributed by atoms with E-state index in [-0.39, 0.29) is 4.90 Å². The SMILES string of the molecule is Cc1cc2n(n1)c(C)cc(C)[n+]2C.Cc1ccc(S(=O)(=O)[O-])cc1. The molecule has 0 fully saturated rings. The molecule has 2 aromatic heterocycles. The van der Waals surface area contributed by atoms with Crippen molar-refractivity contribution in [3.8, 4) is 0 Å². The fourth-order valence-corrected chi connectivity index (χ4v) is 2.80. The molecule has 0 N–H and O–H groups in total. The first kappa shape index (κ1) is 18.1. The van der Waals surface area contributed by atoms with E-state index in [9.17, 15) is 13.0 Å². The molecule has 0 aliphatic rings. The lowest BCUT2D eigenvalue weighted by molar-refractivity contribution is -0.655. The number of aromatic nitrogens is 3. The molecule has 0 aliphatic carbocycles. The maximum Gasteiger partial charge on any atom is 0.308 e.